The molecule has 31 heavy (non-hydrogen) atoms. The number of rotatable bonds is 8. The number of sulfonamides is 1. The number of benzene rings is 2. The van der Waals surface area contributed by atoms with Gasteiger partial charge in [-0.05, 0) is 55.8 Å². The molecule has 1 N–H and O–H groups in total. The molecule has 3 rings (SSSR count). The minimum atomic E-state index is -3.36. The number of hydrogen-bond donors (Lipinski definition) is 1. The summed E-state index contributed by atoms with van der Waals surface area (Å²) in [6.45, 7) is 4.35. The lowest BCUT2D eigenvalue weighted by molar-refractivity contribution is -0.122. The third kappa shape index (κ3) is 5.08. The second-order valence-electron chi connectivity index (χ2n) is 7.02. The molecule has 1 amide bonds. The van der Waals surface area contributed by atoms with Gasteiger partial charge in [-0.1, -0.05) is 18.3 Å². The summed E-state index contributed by atoms with van der Waals surface area (Å²) in [5, 5.41) is 2.85. The van der Waals surface area contributed by atoms with E-state index in [9.17, 15) is 18.0 Å². The van der Waals surface area contributed by atoms with Crippen LogP contribution in [0.15, 0.2) is 47.3 Å². The maximum Gasteiger partial charge on any atom is 0.308 e. The summed E-state index contributed by atoms with van der Waals surface area (Å²) in [5.41, 5.74) is 1.94. The van der Waals surface area contributed by atoms with Crippen LogP contribution in [0.5, 0.6) is 5.75 Å². The molecule has 1 aromatic heterocycles. The molecule has 0 spiro atoms. The van der Waals surface area contributed by atoms with Crippen molar-refractivity contribution in [3.63, 3.8) is 0 Å². The van der Waals surface area contributed by atoms with Crippen molar-refractivity contribution in [2.75, 3.05) is 22.9 Å². The Balaban J connectivity index is 1.72. The molecule has 8 nitrogen and oxygen atoms in total. The minimum absolute atomic E-state index is 0.0271. The van der Waals surface area contributed by atoms with Crippen molar-refractivity contribution in [3.05, 3.63) is 52.1 Å². The Kier molecular flexibility index (Phi) is 6.71. The average molecular weight is 464 g/mol. The van der Waals surface area contributed by atoms with Crippen LogP contribution in [0.4, 0.5) is 11.4 Å². The fraction of sp³-hybridized carbons (Fsp3) is 0.333. The number of aromatic nitrogens is 1. The summed E-state index contributed by atoms with van der Waals surface area (Å²) in [4.78, 5) is 24.7. The number of carbonyl (C=O) groups is 1. The van der Waals surface area contributed by atoms with Gasteiger partial charge in [0.2, 0.25) is 10.0 Å². The molecule has 0 fully saturated rings. The van der Waals surface area contributed by atoms with Crippen molar-refractivity contribution < 1.29 is 17.9 Å². The van der Waals surface area contributed by atoms with Gasteiger partial charge in [0.15, 0.2) is 6.10 Å². The van der Waals surface area contributed by atoms with E-state index in [2.05, 4.69) is 5.32 Å². The van der Waals surface area contributed by atoms with Gasteiger partial charge in [0.1, 0.15) is 5.75 Å². The molecule has 10 heteroatoms. The zero-order valence-corrected chi connectivity index (χ0v) is 19.4. The summed E-state index contributed by atoms with van der Waals surface area (Å²) in [5.74, 6) is 0.155. The average Bonchev–Trinajstić information content (AvgIpc) is 3.05. The zero-order valence-electron chi connectivity index (χ0n) is 17.8. The van der Waals surface area contributed by atoms with Crippen molar-refractivity contribution in [1.82, 2.24) is 4.57 Å². The molecule has 166 valence electrons. The Labute approximate surface area is 185 Å². The first-order chi connectivity index (χ1) is 14.6. The van der Waals surface area contributed by atoms with Gasteiger partial charge in [-0.2, -0.15) is 0 Å². The predicted molar refractivity (Wildman–Crippen MR) is 125 cm³/mol. The summed E-state index contributed by atoms with van der Waals surface area (Å²) >= 11 is 1.14. The third-order valence-corrected chi connectivity index (χ3v) is 7.04. The predicted octanol–water partition coefficient (Wildman–Crippen LogP) is 3.27. The summed E-state index contributed by atoms with van der Waals surface area (Å²) < 4.78 is 32.8. The first-order valence-corrected chi connectivity index (χ1v) is 12.5. The highest BCUT2D eigenvalue weighted by Gasteiger charge is 2.20. The molecule has 1 unspecified atom stereocenters. The number of nitrogens with one attached hydrogen (secondary N) is 1. The molecule has 0 radical (unpaired) electrons. The Hall–Kier alpha value is -2.85. The Morgan fingerprint density at radius 2 is 1.87 bits per heavy atom. The number of nitrogens with zero attached hydrogens (tertiary/aromatic N) is 2. The van der Waals surface area contributed by atoms with E-state index in [-0.39, 0.29) is 10.8 Å². The standard InChI is InChI=1S/C21H25N3O5S2/c1-5-18(29-16-10-8-15(9-11-16)23(3)31(4,27)28)20(25)22-14-7-12-17-19(13-14)30-21(26)24(17)6-2/h7-13,18H,5-6H2,1-4H3,(H,22,25). The number of hydrogen-bond acceptors (Lipinski definition) is 6. The fourth-order valence-electron chi connectivity index (χ4n) is 3.08. The monoisotopic (exact) mass is 463 g/mol. The van der Waals surface area contributed by atoms with E-state index in [0.29, 0.717) is 30.1 Å². The van der Waals surface area contributed by atoms with Crippen LogP contribution in [-0.2, 0) is 21.4 Å². The molecular weight excluding hydrogens is 438 g/mol. The number of anilines is 2. The van der Waals surface area contributed by atoms with Crippen LogP contribution in [0, 0.1) is 0 Å². The second-order valence-corrected chi connectivity index (χ2v) is 10.0. The number of fused-ring (bicyclic) bond motifs is 1. The van der Waals surface area contributed by atoms with Gasteiger partial charge in [0, 0.05) is 19.3 Å². The van der Waals surface area contributed by atoms with Crippen LogP contribution in [0.1, 0.15) is 20.3 Å². The van der Waals surface area contributed by atoms with Gasteiger partial charge in [0.25, 0.3) is 5.91 Å². The Bertz CT molecular complexity index is 1250. The van der Waals surface area contributed by atoms with Gasteiger partial charge in [-0.3, -0.25) is 18.5 Å². The van der Waals surface area contributed by atoms with Gasteiger partial charge < -0.3 is 10.1 Å². The zero-order chi connectivity index (χ0) is 22.8. The number of amides is 1. The molecule has 2 aromatic carbocycles. The highest BCUT2D eigenvalue weighted by molar-refractivity contribution is 7.92. The third-order valence-electron chi connectivity index (χ3n) is 4.89. The van der Waals surface area contributed by atoms with E-state index in [1.807, 2.05) is 19.9 Å². The number of carbonyl (C=O) groups excluding carboxylic acids is 1. The fourth-order valence-corrected chi connectivity index (χ4v) is 4.58. The molecule has 0 aliphatic carbocycles. The van der Waals surface area contributed by atoms with Crippen molar-refractivity contribution in [1.29, 1.82) is 0 Å². The molecule has 0 aliphatic rings. The maximum absolute atomic E-state index is 12.7. The van der Waals surface area contributed by atoms with E-state index in [4.69, 9.17) is 4.74 Å². The van der Waals surface area contributed by atoms with E-state index in [0.717, 1.165) is 32.1 Å². The topological polar surface area (TPSA) is 97.7 Å². The summed E-state index contributed by atoms with van der Waals surface area (Å²) in [6.07, 6.45) is 0.842. The molecule has 0 saturated heterocycles. The van der Waals surface area contributed by atoms with Gasteiger partial charge in [0.05, 0.1) is 22.2 Å². The first kappa shape index (κ1) is 22.8. The van der Waals surface area contributed by atoms with Crippen LogP contribution in [0.25, 0.3) is 10.2 Å². The van der Waals surface area contributed by atoms with Crippen LogP contribution in [0.2, 0.25) is 0 Å². The normalized spacial score (nSPS) is 12.5. The lowest BCUT2D eigenvalue weighted by Crippen LogP contribution is -2.32. The molecule has 1 atom stereocenters. The number of aryl methyl sites for hydroxylation is 1. The van der Waals surface area contributed by atoms with E-state index in [1.165, 1.54) is 7.05 Å². The lowest BCUT2D eigenvalue weighted by atomic mass is 10.2. The van der Waals surface area contributed by atoms with Crippen LogP contribution < -0.4 is 19.2 Å². The van der Waals surface area contributed by atoms with E-state index in [1.54, 1.807) is 41.0 Å². The second kappa shape index (κ2) is 9.11. The van der Waals surface area contributed by atoms with Crippen molar-refractivity contribution in [2.24, 2.45) is 0 Å². The molecule has 0 saturated carbocycles. The minimum Gasteiger partial charge on any atom is -0.481 e. The van der Waals surface area contributed by atoms with Crippen molar-refractivity contribution in [3.8, 4) is 5.75 Å². The van der Waals surface area contributed by atoms with Gasteiger partial charge in [-0.15, -0.1) is 0 Å². The summed E-state index contributed by atoms with van der Waals surface area (Å²) in [7, 11) is -1.89. The Morgan fingerprint density at radius 1 is 1.19 bits per heavy atom. The number of thiazole rings is 1. The molecule has 1 heterocycles. The van der Waals surface area contributed by atoms with E-state index < -0.39 is 16.1 Å². The first-order valence-electron chi connectivity index (χ1n) is 9.79. The van der Waals surface area contributed by atoms with E-state index >= 15 is 0 Å². The SMILES string of the molecule is CCC(Oc1ccc(N(C)S(C)(=O)=O)cc1)C(=O)Nc1ccc2c(c1)sc(=O)n2CC. The van der Waals surface area contributed by atoms with Crippen LogP contribution >= 0.6 is 11.3 Å². The maximum atomic E-state index is 12.7. The quantitative estimate of drug-likeness (QED) is 0.553. The van der Waals surface area contributed by atoms with Gasteiger partial charge >= 0.3 is 4.87 Å². The lowest BCUT2D eigenvalue weighted by Gasteiger charge is -2.19. The van der Waals surface area contributed by atoms with Crippen molar-refractivity contribution in [2.45, 2.75) is 32.9 Å². The molecule has 0 bridgehead atoms. The smallest absolute Gasteiger partial charge is 0.308 e. The highest BCUT2D eigenvalue weighted by atomic mass is 32.2. The molecular formula is C21H25N3O5S2. The molecule has 3 aromatic rings. The van der Waals surface area contributed by atoms with Crippen molar-refractivity contribution >= 4 is 48.9 Å². The Morgan fingerprint density at radius 3 is 2.45 bits per heavy atom. The largest absolute Gasteiger partial charge is 0.481 e. The number of ether oxygens (including phenoxy) is 1. The highest BCUT2D eigenvalue weighted by Crippen LogP contribution is 2.24. The molecule has 0 aliphatic heterocycles. The van der Waals surface area contributed by atoms with Crippen LogP contribution in [-0.4, -0.2) is 38.3 Å². The van der Waals surface area contributed by atoms with Crippen LogP contribution in [0.3, 0.4) is 0 Å². The summed E-state index contributed by atoms with van der Waals surface area (Å²) in [6, 6.07) is 11.9. The van der Waals surface area contributed by atoms with Gasteiger partial charge in [-0.25, -0.2) is 8.42 Å².